The van der Waals surface area contributed by atoms with Crippen molar-refractivity contribution in [2.45, 2.75) is 45.2 Å². The van der Waals surface area contributed by atoms with E-state index >= 15 is 0 Å². The van der Waals surface area contributed by atoms with E-state index in [4.69, 9.17) is 10.1 Å². The third-order valence-corrected chi connectivity index (χ3v) is 3.93. The average Bonchev–Trinajstić information content (AvgIpc) is 2.82. The molecular formula is C12H20N4. The fourth-order valence-corrected chi connectivity index (χ4v) is 2.86. The normalized spacial score (nSPS) is 30.6. The van der Waals surface area contributed by atoms with Crippen LogP contribution in [0.2, 0.25) is 0 Å². The molecular weight excluding hydrogens is 200 g/mol. The Labute approximate surface area is 96.7 Å². The topological polar surface area (TPSA) is 34.0 Å². The van der Waals surface area contributed by atoms with E-state index in [-0.39, 0.29) is 0 Å². The molecule has 0 radical (unpaired) electrons. The van der Waals surface area contributed by atoms with E-state index in [1.54, 1.807) is 0 Å². The number of aromatic nitrogens is 3. The van der Waals surface area contributed by atoms with Crippen molar-refractivity contribution in [3.8, 4) is 0 Å². The first-order valence-corrected chi connectivity index (χ1v) is 6.38. The minimum atomic E-state index is 0.466. The molecule has 1 saturated heterocycles. The summed E-state index contributed by atoms with van der Waals surface area (Å²) in [5, 5.41) is 4.70. The zero-order chi connectivity index (χ0) is 11.1. The number of hydrogen-bond donors (Lipinski definition) is 0. The Kier molecular flexibility index (Phi) is 2.46. The van der Waals surface area contributed by atoms with Crippen molar-refractivity contribution in [2.24, 2.45) is 5.92 Å². The molecule has 16 heavy (non-hydrogen) atoms. The smallest absolute Gasteiger partial charge is 0.168 e. The van der Waals surface area contributed by atoms with Crippen molar-refractivity contribution < 1.29 is 0 Å². The third-order valence-electron chi connectivity index (χ3n) is 3.93. The van der Waals surface area contributed by atoms with Crippen LogP contribution < -0.4 is 0 Å². The van der Waals surface area contributed by atoms with Gasteiger partial charge in [-0.05, 0) is 38.8 Å². The van der Waals surface area contributed by atoms with Crippen LogP contribution in [0.1, 0.15) is 43.9 Å². The summed E-state index contributed by atoms with van der Waals surface area (Å²) in [5.74, 6) is 3.01. The molecule has 0 N–H and O–H groups in total. The van der Waals surface area contributed by atoms with E-state index in [2.05, 4.69) is 23.6 Å². The number of fused-ring (bicyclic) bond motifs is 1. The SMILES string of the molecule is CC1CCc2nc(C3CCCN3C)nn2C1. The summed E-state index contributed by atoms with van der Waals surface area (Å²) in [6.07, 6.45) is 4.86. The quantitative estimate of drug-likeness (QED) is 0.721. The monoisotopic (exact) mass is 220 g/mol. The molecule has 0 aliphatic carbocycles. The Morgan fingerprint density at radius 3 is 2.94 bits per heavy atom. The number of likely N-dealkylation sites (tertiary alicyclic amines) is 1. The minimum absolute atomic E-state index is 0.466. The first-order chi connectivity index (χ1) is 7.74. The van der Waals surface area contributed by atoms with Gasteiger partial charge in [-0.25, -0.2) is 9.67 Å². The zero-order valence-electron chi connectivity index (χ0n) is 10.2. The van der Waals surface area contributed by atoms with Gasteiger partial charge in [0.25, 0.3) is 0 Å². The summed E-state index contributed by atoms with van der Waals surface area (Å²) in [7, 11) is 2.18. The van der Waals surface area contributed by atoms with Crippen LogP contribution in [-0.2, 0) is 13.0 Å². The highest BCUT2D eigenvalue weighted by Crippen LogP contribution is 2.29. The summed E-state index contributed by atoms with van der Waals surface area (Å²) >= 11 is 0. The van der Waals surface area contributed by atoms with Crippen molar-refractivity contribution in [3.63, 3.8) is 0 Å². The minimum Gasteiger partial charge on any atom is -0.296 e. The Hall–Kier alpha value is -0.900. The fourth-order valence-electron chi connectivity index (χ4n) is 2.86. The maximum absolute atomic E-state index is 4.73. The molecule has 4 nitrogen and oxygen atoms in total. The number of aryl methyl sites for hydroxylation is 1. The van der Waals surface area contributed by atoms with E-state index in [9.17, 15) is 0 Å². The molecule has 2 atom stereocenters. The number of hydrogen-bond acceptors (Lipinski definition) is 3. The van der Waals surface area contributed by atoms with Gasteiger partial charge < -0.3 is 0 Å². The first-order valence-electron chi connectivity index (χ1n) is 6.38. The maximum atomic E-state index is 4.73. The molecule has 88 valence electrons. The van der Waals surface area contributed by atoms with Crippen LogP contribution in [0.4, 0.5) is 0 Å². The molecule has 2 unspecified atom stereocenters. The van der Waals surface area contributed by atoms with Crippen LogP contribution in [-0.4, -0.2) is 33.3 Å². The van der Waals surface area contributed by atoms with Crippen LogP contribution in [0.25, 0.3) is 0 Å². The second-order valence-corrected chi connectivity index (χ2v) is 5.35. The second-order valence-electron chi connectivity index (χ2n) is 5.35. The standard InChI is InChI=1S/C12H20N4/c1-9-5-6-11-13-12(14-16(11)8-9)10-4-3-7-15(10)2/h9-10H,3-8H2,1-2H3. The Bertz CT molecular complexity index is 384. The maximum Gasteiger partial charge on any atom is 0.168 e. The van der Waals surface area contributed by atoms with Crippen LogP contribution >= 0.6 is 0 Å². The molecule has 4 heteroatoms. The molecule has 0 spiro atoms. The molecule has 2 aliphatic heterocycles. The lowest BCUT2D eigenvalue weighted by Gasteiger charge is -2.17. The van der Waals surface area contributed by atoms with Crippen molar-refractivity contribution in [1.82, 2.24) is 19.7 Å². The molecule has 1 aromatic rings. The van der Waals surface area contributed by atoms with Crippen molar-refractivity contribution in [2.75, 3.05) is 13.6 Å². The van der Waals surface area contributed by atoms with Crippen LogP contribution in [0.15, 0.2) is 0 Å². The van der Waals surface area contributed by atoms with Crippen LogP contribution in [0, 0.1) is 5.92 Å². The highest BCUT2D eigenvalue weighted by Gasteiger charge is 2.28. The van der Waals surface area contributed by atoms with Crippen LogP contribution in [0.5, 0.6) is 0 Å². The number of nitrogens with zero attached hydrogens (tertiary/aromatic N) is 4. The van der Waals surface area contributed by atoms with Crippen molar-refractivity contribution >= 4 is 0 Å². The van der Waals surface area contributed by atoms with Gasteiger partial charge in [0.05, 0.1) is 6.04 Å². The van der Waals surface area contributed by atoms with Gasteiger partial charge in [0.15, 0.2) is 5.82 Å². The molecule has 3 rings (SSSR count). The molecule has 0 amide bonds. The lowest BCUT2D eigenvalue weighted by molar-refractivity contribution is 0.303. The second kappa shape index (κ2) is 3.84. The predicted molar refractivity (Wildman–Crippen MR) is 62.1 cm³/mol. The summed E-state index contributed by atoms with van der Waals surface area (Å²) in [6.45, 7) is 4.54. The Morgan fingerprint density at radius 1 is 1.31 bits per heavy atom. The largest absolute Gasteiger partial charge is 0.296 e. The van der Waals surface area contributed by atoms with Gasteiger partial charge in [0.2, 0.25) is 0 Å². The van der Waals surface area contributed by atoms with Gasteiger partial charge in [-0.2, -0.15) is 5.10 Å². The summed E-state index contributed by atoms with van der Waals surface area (Å²) in [5.41, 5.74) is 0. The molecule has 0 saturated carbocycles. The van der Waals surface area contributed by atoms with Crippen molar-refractivity contribution in [1.29, 1.82) is 0 Å². The Morgan fingerprint density at radius 2 is 2.19 bits per heavy atom. The molecule has 0 bridgehead atoms. The van der Waals surface area contributed by atoms with E-state index in [1.165, 1.54) is 31.6 Å². The lowest BCUT2D eigenvalue weighted by Crippen LogP contribution is -2.20. The fraction of sp³-hybridized carbons (Fsp3) is 0.833. The van der Waals surface area contributed by atoms with Gasteiger partial charge in [-0.1, -0.05) is 6.92 Å². The van der Waals surface area contributed by atoms with E-state index < -0.39 is 0 Å². The van der Waals surface area contributed by atoms with Crippen LogP contribution in [0.3, 0.4) is 0 Å². The zero-order valence-corrected chi connectivity index (χ0v) is 10.2. The summed E-state index contributed by atoms with van der Waals surface area (Å²) in [6, 6.07) is 0.466. The third kappa shape index (κ3) is 1.65. The average molecular weight is 220 g/mol. The molecule has 0 aromatic carbocycles. The highest BCUT2D eigenvalue weighted by molar-refractivity contribution is 5.02. The van der Waals surface area contributed by atoms with E-state index in [1.807, 2.05) is 0 Å². The number of rotatable bonds is 1. The molecule has 2 aliphatic rings. The van der Waals surface area contributed by atoms with Gasteiger partial charge in [-0.3, -0.25) is 4.90 Å². The van der Waals surface area contributed by atoms with Gasteiger partial charge in [0.1, 0.15) is 5.82 Å². The van der Waals surface area contributed by atoms with Gasteiger partial charge >= 0.3 is 0 Å². The molecule has 3 heterocycles. The highest BCUT2D eigenvalue weighted by atomic mass is 15.4. The van der Waals surface area contributed by atoms with Gasteiger partial charge in [0, 0.05) is 13.0 Å². The lowest BCUT2D eigenvalue weighted by atomic mass is 10.0. The van der Waals surface area contributed by atoms with Crippen molar-refractivity contribution in [3.05, 3.63) is 11.6 Å². The molecule has 1 fully saturated rings. The predicted octanol–water partition coefficient (Wildman–Crippen LogP) is 1.63. The Balaban J connectivity index is 1.86. The summed E-state index contributed by atoms with van der Waals surface area (Å²) < 4.78 is 2.13. The molecule has 1 aromatic heterocycles. The van der Waals surface area contributed by atoms with Gasteiger partial charge in [-0.15, -0.1) is 0 Å². The van der Waals surface area contributed by atoms with E-state index in [0.29, 0.717) is 6.04 Å². The van der Waals surface area contributed by atoms with E-state index in [0.717, 1.165) is 24.7 Å². The first kappa shape index (κ1) is 10.3. The summed E-state index contributed by atoms with van der Waals surface area (Å²) in [4.78, 5) is 7.11.